The van der Waals surface area contributed by atoms with Gasteiger partial charge in [-0.15, -0.1) is 0 Å². The average molecular weight is 264 g/mol. The maximum atomic E-state index is 11.2. The van der Waals surface area contributed by atoms with Crippen molar-refractivity contribution in [1.82, 2.24) is 4.57 Å². The lowest BCUT2D eigenvalue weighted by molar-refractivity contribution is 0.112. The highest BCUT2D eigenvalue weighted by atomic mass is 35.5. The molecule has 0 saturated heterocycles. The smallest absolute Gasteiger partial charge is 0.153 e. The van der Waals surface area contributed by atoms with Crippen molar-refractivity contribution in [3.05, 3.63) is 34.0 Å². The Morgan fingerprint density at radius 2 is 2.06 bits per heavy atom. The minimum Gasteiger partial charge on any atom is -0.331 e. The van der Waals surface area contributed by atoms with Gasteiger partial charge < -0.3 is 4.57 Å². The van der Waals surface area contributed by atoms with Crippen LogP contribution < -0.4 is 0 Å². The number of rotatable bonds is 4. The summed E-state index contributed by atoms with van der Waals surface area (Å²) in [5.41, 5.74) is 4.16. The third kappa shape index (κ3) is 1.95. The van der Waals surface area contributed by atoms with Gasteiger partial charge in [0.15, 0.2) is 6.29 Å². The summed E-state index contributed by atoms with van der Waals surface area (Å²) in [6.45, 7) is 7.19. The molecular weight excluding hydrogens is 246 g/mol. The zero-order chi connectivity index (χ0) is 13.3. The second kappa shape index (κ2) is 5.15. The van der Waals surface area contributed by atoms with E-state index in [-0.39, 0.29) is 0 Å². The Hall–Kier alpha value is -1.28. The standard InChI is InChI=1S/C15H18ClNO/c1-4-5-8-17-14-11(3)10(2)6-7-12(14)13(9-18)15(17)16/h6-7,9H,4-5,8H2,1-3H3. The molecule has 0 spiro atoms. The summed E-state index contributed by atoms with van der Waals surface area (Å²) in [6, 6.07) is 4.04. The number of halogens is 1. The van der Waals surface area contributed by atoms with Gasteiger partial charge in [-0.2, -0.15) is 0 Å². The number of aromatic nitrogens is 1. The molecule has 2 rings (SSSR count). The number of carbonyl (C=O) groups excluding carboxylic acids is 1. The summed E-state index contributed by atoms with van der Waals surface area (Å²) in [5.74, 6) is 0. The van der Waals surface area contributed by atoms with Crippen molar-refractivity contribution in [2.24, 2.45) is 0 Å². The molecule has 0 saturated carbocycles. The second-order valence-corrected chi connectivity index (χ2v) is 5.09. The molecule has 0 radical (unpaired) electrons. The van der Waals surface area contributed by atoms with Crippen LogP contribution in [0.2, 0.25) is 5.15 Å². The Morgan fingerprint density at radius 3 is 2.67 bits per heavy atom. The second-order valence-electron chi connectivity index (χ2n) is 4.73. The molecule has 1 aromatic carbocycles. The highest BCUT2D eigenvalue weighted by Crippen LogP contribution is 2.32. The van der Waals surface area contributed by atoms with Gasteiger partial charge in [0.1, 0.15) is 5.15 Å². The van der Waals surface area contributed by atoms with E-state index in [1.54, 1.807) is 0 Å². The minimum atomic E-state index is 0.571. The first-order chi connectivity index (χ1) is 8.61. The summed E-state index contributed by atoms with van der Waals surface area (Å²) in [4.78, 5) is 11.2. The fourth-order valence-corrected chi connectivity index (χ4v) is 2.67. The molecule has 0 aliphatic rings. The van der Waals surface area contributed by atoms with E-state index >= 15 is 0 Å². The Kier molecular flexibility index (Phi) is 3.76. The van der Waals surface area contributed by atoms with Gasteiger partial charge in [0.05, 0.1) is 11.1 Å². The number of unbranched alkanes of at least 4 members (excludes halogenated alkanes) is 1. The van der Waals surface area contributed by atoms with Crippen molar-refractivity contribution in [3.8, 4) is 0 Å². The molecule has 2 aromatic rings. The molecule has 1 heterocycles. The predicted octanol–water partition coefficient (Wildman–Crippen LogP) is 4.52. The molecule has 2 nitrogen and oxygen atoms in total. The van der Waals surface area contributed by atoms with E-state index in [4.69, 9.17) is 11.6 Å². The number of carbonyl (C=O) groups is 1. The van der Waals surface area contributed by atoms with Crippen LogP contribution in [0.15, 0.2) is 12.1 Å². The van der Waals surface area contributed by atoms with Gasteiger partial charge in [-0.25, -0.2) is 0 Å². The van der Waals surface area contributed by atoms with Crippen molar-refractivity contribution in [3.63, 3.8) is 0 Å². The summed E-state index contributed by atoms with van der Waals surface area (Å²) in [7, 11) is 0. The molecule has 3 heteroatoms. The molecule has 0 unspecified atom stereocenters. The monoisotopic (exact) mass is 263 g/mol. The largest absolute Gasteiger partial charge is 0.331 e. The van der Waals surface area contributed by atoms with Gasteiger partial charge in [-0.3, -0.25) is 4.79 Å². The van der Waals surface area contributed by atoms with Crippen molar-refractivity contribution >= 4 is 28.8 Å². The zero-order valence-corrected chi connectivity index (χ0v) is 11.8. The fourth-order valence-electron chi connectivity index (χ4n) is 2.36. The molecule has 0 amide bonds. The van der Waals surface area contributed by atoms with Gasteiger partial charge in [-0.1, -0.05) is 37.1 Å². The van der Waals surface area contributed by atoms with E-state index in [0.29, 0.717) is 10.7 Å². The minimum absolute atomic E-state index is 0.571. The number of hydrogen-bond acceptors (Lipinski definition) is 1. The third-order valence-electron chi connectivity index (χ3n) is 3.57. The maximum absolute atomic E-state index is 11.2. The molecule has 18 heavy (non-hydrogen) atoms. The van der Waals surface area contributed by atoms with Crippen LogP contribution >= 0.6 is 11.6 Å². The normalized spacial score (nSPS) is 11.1. The Balaban J connectivity index is 2.77. The Labute approximate surface area is 113 Å². The van der Waals surface area contributed by atoms with Crippen molar-refractivity contribution in [2.75, 3.05) is 0 Å². The number of aryl methyl sites for hydroxylation is 3. The maximum Gasteiger partial charge on any atom is 0.153 e. The molecule has 0 atom stereocenters. The fraction of sp³-hybridized carbons (Fsp3) is 0.400. The molecule has 1 aromatic heterocycles. The van der Waals surface area contributed by atoms with Crippen LogP contribution in [-0.2, 0) is 6.54 Å². The first kappa shape index (κ1) is 13.2. The van der Waals surface area contributed by atoms with E-state index < -0.39 is 0 Å². The Morgan fingerprint density at radius 1 is 1.33 bits per heavy atom. The lowest BCUT2D eigenvalue weighted by atomic mass is 10.1. The van der Waals surface area contributed by atoms with Crippen LogP contribution in [0, 0.1) is 13.8 Å². The highest BCUT2D eigenvalue weighted by Gasteiger charge is 2.17. The molecule has 0 aliphatic carbocycles. The van der Waals surface area contributed by atoms with E-state index in [1.807, 2.05) is 12.1 Å². The van der Waals surface area contributed by atoms with E-state index in [0.717, 1.165) is 36.6 Å². The third-order valence-corrected chi connectivity index (χ3v) is 3.98. The molecular formula is C15H18ClNO. The van der Waals surface area contributed by atoms with Crippen molar-refractivity contribution in [2.45, 2.75) is 40.2 Å². The first-order valence-corrected chi connectivity index (χ1v) is 6.72. The predicted molar refractivity (Wildman–Crippen MR) is 76.7 cm³/mol. The van der Waals surface area contributed by atoms with Crippen LogP contribution in [0.25, 0.3) is 10.9 Å². The lowest BCUT2D eigenvalue weighted by Gasteiger charge is -2.09. The molecule has 96 valence electrons. The number of fused-ring (bicyclic) bond motifs is 1. The number of nitrogens with zero attached hydrogens (tertiary/aromatic N) is 1. The molecule has 0 N–H and O–H groups in total. The number of benzene rings is 1. The van der Waals surface area contributed by atoms with Gasteiger partial charge in [-0.05, 0) is 31.4 Å². The van der Waals surface area contributed by atoms with Crippen LogP contribution in [0.4, 0.5) is 0 Å². The summed E-state index contributed by atoms with van der Waals surface area (Å²) < 4.78 is 2.08. The molecule has 0 aliphatic heterocycles. The summed E-state index contributed by atoms with van der Waals surface area (Å²) in [6.07, 6.45) is 3.04. The Bertz CT molecular complexity index is 598. The SMILES string of the molecule is CCCCn1c(Cl)c(C=O)c2ccc(C)c(C)c21. The van der Waals surface area contributed by atoms with E-state index in [9.17, 15) is 4.79 Å². The summed E-state index contributed by atoms with van der Waals surface area (Å²) in [5, 5.41) is 1.54. The van der Waals surface area contributed by atoms with Crippen molar-refractivity contribution < 1.29 is 4.79 Å². The van der Waals surface area contributed by atoms with Crippen LogP contribution in [0.3, 0.4) is 0 Å². The molecule has 0 fully saturated rings. The highest BCUT2D eigenvalue weighted by molar-refractivity contribution is 6.34. The van der Waals surface area contributed by atoms with Crippen LogP contribution in [-0.4, -0.2) is 10.9 Å². The van der Waals surface area contributed by atoms with Gasteiger partial charge in [0.25, 0.3) is 0 Å². The zero-order valence-electron chi connectivity index (χ0n) is 11.1. The number of aldehydes is 1. The van der Waals surface area contributed by atoms with E-state index in [1.165, 1.54) is 11.1 Å². The lowest BCUT2D eigenvalue weighted by Crippen LogP contribution is -1.99. The van der Waals surface area contributed by atoms with Crippen LogP contribution in [0.1, 0.15) is 41.3 Å². The average Bonchev–Trinajstić information content (AvgIpc) is 2.64. The molecule has 0 bridgehead atoms. The first-order valence-electron chi connectivity index (χ1n) is 6.34. The topological polar surface area (TPSA) is 22.0 Å². The quantitative estimate of drug-likeness (QED) is 0.743. The van der Waals surface area contributed by atoms with Crippen molar-refractivity contribution in [1.29, 1.82) is 0 Å². The van der Waals surface area contributed by atoms with Gasteiger partial charge in [0.2, 0.25) is 0 Å². The summed E-state index contributed by atoms with van der Waals surface area (Å²) >= 11 is 6.34. The van der Waals surface area contributed by atoms with Crippen LogP contribution in [0.5, 0.6) is 0 Å². The van der Waals surface area contributed by atoms with Gasteiger partial charge >= 0.3 is 0 Å². The van der Waals surface area contributed by atoms with E-state index in [2.05, 4.69) is 25.3 Å². The number of hydrogen-bond donors (Lipinski definition) is 0. The van der Waals surface area contributed by atoms with Gasteiger partial charge in [0, 0.05) is 11.9 Å².